The minimum Gasteiger partial charge on any atom is -0.352 e. The van der Waals surface area contributed by atoms with Gasteiger partial charge in [-0.3, -0.25) is 9.59 Å². The highest BCUT2D eigenvalue weighted by Crippen LogP contribution is 2.32. The van der Waals surface area contributed by atoms with Crippen molar-refractivity contribution in [2.24, 2.45) is 11.7 Å². The first kappa shape index (κ1) is 13.3. The quantitative estimate of drug-likeness (QED) is 0.756. The van der Waals surface area contributed by atoms with Crippen molar-refractivity contribution in [1.29, 1.82) is 0 Å². The molecule has 0 unspecified atom stereocenters. The number of carbonyl (C=O) groups is 2. The molecule has 3 N–H and O–H groups in total. The third-order valence-electron chi connectivity index (χ3n) is 3.88. The van der Waals surface area contributed by atoms with E-state index in [1.165, 1.54) is 0 Å². The van der Waals surface area contributed by atoms with Gasteiger partial charge in [-0.1, -0.05) is 13.8 Å². The van der Waals surface area contributed by atoms with Gasteiger partial charge in [-0.25, -0.2) is 0 Å². The van der Waals surface area contributed by atoms with E-state index in [-0.39, 0.29) is 23.8 Å². The van der Waals surface area contributed by atoms with Crippen LogP contribution in [0.25, 0.3) is 0 Å². The molecule has 2 fully saturated rings. The molecule has 0 spiro atoms. The number of likely N-dealkylation sites (tertiary alicyclic amines) is 1. The smallest absolute Gasteiger partial charge is 0.240 e. The van der Waals surface area contributed by atoms with Crippen molar-refractivity contribution in [3.8, 4) is 0 Å². The molecule has 2 amide bonds. The van der Waals surface area contributed by atoms with Gasteiger partial charge in [0.25, 0.3) is 0 Å². The van der Waals surface area contributed by atoms with E-state index in [4.69, 9.17) is 5.73 Å². The molecule has 1 saturated heterocycles. The maximum Gasteiger partial charge on any atom is 0.240 e. The van der Waals surface area contributed by atoms with Gasteiger partial charge in [0, 0.05) is 25.0 Å². The van der Waals surface area contributed by atoms with E-state index in [0.717, 1.165) is 38.8 Å². The van der Waals surface area contributed by atoms with E-state index < -0.39 is 5.54 Å². The van der Waals surface area contributed by atoms with Crippen LogP contribution in [0.3, 0.4) is 0 Å². The Morgan fingerprint density at radius 2 is 1.83 bits per heavy atom. The lowest BCUT2D eigenvalue weighted by Crippen LogP contribution is -2.51. The predicted octanol–water partition coefficient (Wildman–Crippen LogP) is 0.241. The van der Waals surface area contributed by atoms with Crippen molar-refractivity contribution in [3.63, 3.8) is 0 Å². The molecule has 0 atom stereocenters. The Kier molecular flexibility index (Phi) is 3.61. The van der Waals surface area contributed by atoms with E-state index in [1.807, 2.05) is 18.7 Å². The first-order chi connectivity index (χ1) is 8.42. The summed E-state index contributed by atoms with van der Waals surface area (Å²) in [5.41, 5.74) is 5.25. The van der Waals surface area contributed by atoms with Gasteiger partial charge in [0.05, 0.1) is 5.54 Å². The second-order valence-corrected chi connectivity index (χ2v) is 5.88. The van der Waals surface area contributed by atoms with Gasteiger partial charge in [0.1, 0.15) is 0 Å². The lowest BCUT2D eigenvalue weighted by Gasteiger charge is -2.33. The number of amides is 2. The number of hydrogen-bond acceptors (Lipinski definition) is 3. The number of nitrogens with zero attached hydrogens (tertiary/aromatic N) is 1. The lowest BCUT2D eigenvalue weighted by molar-refractivity contribution is -0.135. The van der Waals surface area contributed by atoms with Crippen LogP contribution in [-0.4, -0.2) is 41.4 Å². The number of piperidine rings is 1. The highest BCUT2D eigenvalue weighted by molar-refractivity contribution is 5.89. The van der Waals surface area contributed by atoms with Crippen molar-refractivity contribution in [2.45, 2.75) is 51.1 Å². The minimum atomic E-state index is -0.592. The Morgan fingerprint density at radius 3 is 2.28 bits per heavy atom. The fourth-order valence-electron chi connectivity index (χ4n) is 2.30. The number of carbonyl (C=O) groups excluding carboxylic acids is 2. The summed E-state index contributed by atoms with van der Waals surface area (Å²) in [4.78, 5) is 25.5. The Bertz CT molecular complexity index is 342. The van der Waals surface area contributed by atoms with Crippen LogP contribution in [0.4, 0.5) is 0 Å². The molecule has 5 nitrogen and oxygen atoms in total. The second kappa shape index (κ2) is 4.88. The SMILES string of the molecule is CC(C)C(=O)N1CCC(NC(=O)C2(N)CC2)CC1. The monoisotopic (exact) mass is 253 g/mol. The van der Waals surface area contributed by atoms with Crippen LogP contribution in [0.1, 0.15) is 39.5 Å². The van der Waals surface area contributed by atoms with Crippen molar-refractivity contribution in [2.75, 3.05) is 13.1 Å². The number of hydrogen-bond donors (Lipinski definition) is 2. The molecule has 0 aromatic carbocycles. The zero-order valence-corrected chi connectivity index (χ0v) is 11.2. The van der Waals surface area contributed by atoms with Crippen LogP contribution in [0.15, 0.2) is 0 Å². The van der Waals surface area contributed by atoms with Crippen molar-refractivity contribution in [3.05, 3.63) is 0 Å². The fourth-order valence-corrected chi connectivity index (χ4v) is 2.30. The summed E-state index contributed by atoms with van der Waals surface area (Å²) in [5, 5.41) is 3.01. The Hall–Kier alpha value is -1.10. The third kappa shape index (κ3) is 2.83. The molecule has 2 aliphatic rings. The topological polar surface area (TPSA) is 75.4 Å². The molecule has 5 heteroatoms. The summed E-state index contributed by atoms with van der Waals surface area (Å²) in [6.07, 6.45) is 3.26. The zero-order chi connectivity index (χ0) is 13.3. The van der Waals surface area contributed by atoms with Crippen LogP contribution in [-0.2, 0) is 9.59 Å². The molecule has 102 valence electrons. The van der Waals surface area contributed by atoms with Gasteiger partial charge in [-0.05, 0) is 25.7 Å². The molecule has 1 heterocycles. The normalized spacial score (nSPS) is 23.0. The number of rotatable bonds is 3. The molecule has 2 rings (SSSR count). The molecular weight excluding hydrogens is 230 g/mol. The summed E-state index contributed by atoms with van der Waals surface area (Å²) in [7, 11) is 0. The van der Waals surface area contributed by atoms with Crippen molar-refractivity contribution < 1.29 is 9.59 Å². The molecule has 18 heavy (non-hydrogen) atoms. The van der Waals surface area contributed by atoms with Gasteiger partial charge in [-0.2, -0.15) is 0 Å². The summed E-state index contributed by atoms with van der Waals surface area (Å²) in [5.74, 6) is 0.239. The molecule has 1 saturated carbocycles. The lowest BCUT2D eigenvalue weighted by atomic mass is 10.0. The summed E-state index contributed by atoms with van der Waals surface area (Å²) < 4.78 is 0. The summed E-state index contributed by atoms with van der Waals surface area (Å²) >= 11 is 0. The van der Waals surface area contributed by atoms with E-state index in [1.54, 1.807) is 0 Å². The maximum absolute atomic E-state index is 11.8. The maximum atomic E-state index is 11.8. The Balaban J connectivity index is 1.77. The van der Waals surface area contributed by atoms with E-state index in [2.05, 4.69) is 5.32 Å². The molecule has 0 radical (unpaired) electrons. The standard InChI is InChI=1S/C13H23N3O2/c1-9(2)11(17)16-7-3-10(4-8-16)15-12(18)13(14)5-6-13/h9-10H,3-8,14H2,1-2H3,(H,15,18). The van der Waals surface area contributed by atoms with Gasteiger partial charge < -0.3 is 16.0 Å². The minimum absolute atomic E-state index is 0.0175. The van der Waals surface area contributed by atoms with Crippen LogP contribution >= 0.6 is 0 Å². The third-order valence-corrected chi connectivity index (χ3v) is 3.88. The van der Waals surface area contributed by atoms with Gasteiger partial charge in [0.2, 0.25) is 11.8 Å². The van der Waals surface area contributed by atoms with E-state index in [9.17, 15) is 9.59 Å². The second-order valence-electron chi connectivity index (χ2n) is 5.88. The summed E-state index contributed by atoms with van der Waals surface area (Å²) in [6.45, 7) is 5.31. The fraction of sp³-hybridized carbons (Fsp3) is 0.846. The molecule has 0 aromatic rings. The summed E-state index contributed by atoms with van der Waals surface area (Å²) in [6, 6.07) is 0.176. The van der Waals surface area contributed by atoms with E-state index >= 15 is 0 Å². The van der Waals surface area contributed by atoms with Gasteiger partial charge in [-0.15, -0.1) is 0 Å². The van der Waals surface area contributed by atoms with Gasteiger partial charge >= 0.3 is 0 Å². The van der Waals surface area contributed by atoms with Crippen molar-refractivity contribution in [1.82, 2.24) is 10.2 Å². The molecular formula is C13H23N3O2. The highest BCUT2D eigenvalue weighted by Gasteiger charge is 2.46. The van der Waals surface area contributed by atoms with Gasteiger partial charge in [0.15, 0.2) is 0 Å². The number of nitrogens with two attached hydrogens (primary N) is 1. The van der Waals surface area contributed by atoms with E-state index in [0.29, 0.717) is 0 Å². The average molecular weight is 253 g/mol. The Labute approximate surface area is 108 Å². The van der Waals surface area contributed by atoms with Crippen molar-refractivity contribution >= 4 is 11.8 Å². The molecule has 1 aliphatic carbocycles. The van der Waals surface area contributed by atoms with Crippen LogP contribution in [0, 0.1) is 5.92 Å². The molecule has 0 bridgehead atoms. The molecule has 1 aliphatic heterocycles. The zero-order valence-electron chi connectivity index (χ0n) is 11.2. The average Bonchev–Trinajstić information content (AvgIpc) is 3.08. The van der Waals surface area contributed by atoms with Crippen LogP contribution < -0.4 is 11.1 Å². The largest absolute Gasteiger partial charge is 0.352 e. The van der Waals surface area contributed by atoms with Crippen LogP contribution in [0.5, 0.6) is 0 Å². The number of nitrogens with one attached hydrogen (secondary N) is 1. The van der Waals surface area contributed by atoms with Crippen LogP contribution in [0.2, 0.25) is 0 Å². The predicted molar refractivity (Wildman–Crippen MR) is 68.7 cm³/mol. The first-order valence-electron chi connectivity index (χ1n) is 6.81. The highest BCUT2D eigenvalue weighted by atomic mass is 16.2. The first-order valence-corrected chi connectivity index (χ1v) is 6.81. The molecule has 0 aromatic heterocycles. The Morgan fingerprint density at radius 1 is 1.28 bits per heavy atom.